The lowest BCUT2D eigenvalue weighted by molar-refractivity contribution is -0.139. The summed E-state index contributed by atoms with van der Waals surface area (Å²) in [6, 6.07) is 31.3. The topological polar surface area (TPSA) is 66.4 Å². The van der Waals surface area contributed by atoms with Crippen LogP contribution in [0.4, 0.5) is 0 Å². The third-order valence-corrected chi connectivity index (χ3v) is 6.88. The number of aryl methyl sites for hydroxylation is 1. The third-order valence-electron chi connectivity index (χ3n) is 6.24. The number of rotatable bonds is 9. The molecule has 0 fully saturated rings. The minimum Gasteiger partial charge on any atom is -0.480 e. The highest BCUT2D eigenvalue weighted by Gasteiger charge is 2.23. The molecule has 1 atom stereocenters. The number of thioether (sulfide) groups is 1. The van der Waals surface area contributed by atoms with E-state index in [0.29, 0.717) is 17.7 Å². The first-order valence-electron chi connectivity index (χ1n) is 11.9. The number of benzene rings is 4. The third kappa shape index (κ3) is 5.86. The zero-order chi connectivity index (χ0) is 25.5. The van der Waals surface area contributed by atoms with Gasteiger partial charge in [-0.15, -0.1) is 0 Å². The van der Waals surface area contributed by atoms with Crippen molar-refractivity contribution in [2.45, 2.75) is 19.4 Å². The summed E-state index contributed by atoms with van der Waals surface area (Å²) < 4.78 is 0. The van der Waals surface area contributed by atoms with Gasteiger partial charge in [0, 0.05) is 5.56 Å². The minimum absolute atomic E-state index is 0.369. The summed E-state index contributed by atoms with van der Waals surface area (Å²) >= 11 is 1.56. The van der Waals surface area contributed by atoms with Crippen LogP contribution in [0.1, 0.15) is 22.3 Å². The number of carbonyl (C=O) groups is 2. The standard InChI is InChI=1S/C31H29NO3S/c1-21-8-6-7-11-26(21)28-20-25(24-14-12-23(13-15-24)22-9-4-3-5-10-22)16-17-27(28)30(33)32-29(31(34)35)18-19-36-2/h3-17,20,29H,18-19H2,1-2H3,(H,32,33)(H,34,35)/t29-/m0/s1. The summed E-state index contributed by atoms with van der Waals surface area (Å²) in [6.45, 7) is 2.01. The molecule has 0 aliphatic carbocycles. The highest BCUT2D eigenvalue weighted by atomic mass is 32.2. The summed E-state index contributed by atoms with van der Waals surface area (Å²) in [7, 11) is 0. The highest BCUT2D eigenvalue weighted by molar-refractivity contribution is 7.98. The van der Waals surface area contributed by atoms with Crippen molar-refractivity contribution in [3.63, 3.8) is 0 Å². The molecule has 4 rings (SSSR count). The molecular formula is C31H29NO3S. The Hall–Kier alpha value is -3.83. The van der Waals surface area contributed by atoms with Crippen molar-refractivity contribution in [1.82, 2.24) is 5.32 Å². The monoisotopic (exact) mass is 495 g/mol. The van der Waals surface area contributed by atoms with Crippen molar-refractivity contribution in [2.75, 3.05) is 12.0 Å². The molecule has 4 aromatic rings. The van der Waals surface area contributed by atoms with E-state index in [2.05, 4.69) is 41.7 Å². The summed E-state index contributed by atoms with van der Waals surface area (Å²) in [4.78, 5) is 25.0. The van der Waals surface area contributed by atoms with Crippen molar-refractivity contribution in [3.8, 4) is 33.4 Å². The van der Waals surface area contributed by atoms with Crippen LogP contribution >= 0.6 is 11.8 Å². The van der Waals surface area contributed by atoms with Crippen molar-refractivity contribution in [2.24, 2.45) is 0 Å². The first-order chi connectivity index (χ1) is 17.5. The maximum Gasteiger partial charge on any atom is 0.326 e. The largest absolute Gasteiger partial charge is 0.480 e. The van der Waals surface area contributed by atoms with Crippen LogP contribution in [-0.4, -0.2) is 35.0 Å². The number of amides is 1. The van der Waals surface area contributed by atoms with E-state index in [1.807, 2.05) is 67.8 Å². The second-order valence-corrected chi connectivity index (χ2v) is 9.65. The van der Waals surface area contributed by atoms with E-state index in [1.165, 1.54) is 0 Å². The van der Waals surface area contributed by atoms with Gasteiger partial charge in [-0.2, -0.15) is 11.8 Å². The van der Waals surface area contributed by atoms with Crippen molar-refractivity contribution in [1.29, 1.82) is 0 Å². The van der Waals surface area contributed by atoms with Crippen molar-refractivity contribution >= 4 is 23.6 Å². The lowest BCUT2D eigenvalue weighted by atomic mass is 9.91. The summed E-state index contributed by atoms with van der Waals surface area (Å²) in [5, 5.41) is 12.3. The van der Waals surface area contributed by atoms with Gasteiger partial charge in [0.15, 0.2) is 0 Å². The van der Waals surface area contributed by atoms with Crippen LogP contribution in [0.15, 0.2) is 97.1 Å². The van der Waals surface area contributed by atoms with Crippen LogP contribution in [-0.2, 0) is 4.79 Å². The maximum absolute atomic E-state index is 13.3. The van der Waals surface area contributed by atoms with E-state index in [4.69, 9.17) is 0 Å². The number of hydrogen-bond acceptors (Lipinski definition) is 3. The average Bonchev–Trinajstić information content (AvgIpc) is 2.91. The molecule has 4 nitrogen and oxygen atoms in total. The number of carbonyl (C=O) groups excluding carboxylic acids is 1. The fourth-order valence-corrected chi connectivity index (χ4v) is 4.71. The van der Waals surface area contributed by atoms with Gasteiger partial charge in [-0.05, 0) is 76.4 Å². The molecule has 36 heavy (non-hydrogen) atoms. The van der Waals surface area contributed by atoms with Crippen molar-refractivity contribution < 1.29 is 14.7 Å². The molecule has 0 bridgehead atoms. The van der Waals surface area contributed by atoms with Gasteiger partial charge >= 0.3 is 5.97 Å². The van der Waals surface area contributed by atoms with Gasteiger partial charge in [0.2, 0.25) is 0 Å². The van der Waals surface area contributed by atoms with E-state index in [-0.39, 0.29) is 5.91 Å². The molecule has 0 aliphatic rings. The van der Waals surface area contributed by atoms with Crippen LogP contribution in [0.5, 0.6) is 0 Å². The lowest BCUT2D eigenvalue weighted by Crippen LogP contribution is -2.41. The molecule has 1 amide bonds. The van der Waals surface area contributed by atoms with Crippen LogP contribution in [0.2, 0.25) is 0 Å². The van der Waals surface area contributed by atoms with Crippen LogP contribution < -0.4 is 5.32 Å². The molecule has 0 heterocycles. The van der Waals surface area contributed by atoms with Gasteiger partial charge in [0.05, 0.1) is 0 Å². The number of nitrogens with one attached hydrogen (secondary N) is 1. The number of hydrogen-bond donors (Lipinski definition) is 2. The van der Waals surface area contributed by atoms with E-state index in [9.17, 15) is 14.7 Å². The van der Waals surface area contributed by atoms with Gasteiger partial charge in [0.25, 0.3) is 5.91 Å². The Morgan fingerprint density at radius 3 is 2.00 bits per heavy atom. The molecule has 0 aliphatic heterocycles. The van der Waals surface area contributed by atoms with Crippen molar-refractivity contribution in [3.05, 3.63) is 108 Å². The smallest absolute Gasteiger partial charge is 0.326 e. The fourth-order valence-electron chi connectivity index (χ4n) is 4.23. The van der Waals surface area contributed by atoms with E-state index < -0.39 is 12.0 Å². The number of carboxylic acid groups (broad SMARTS) is 1. The Balaban J connectivity index is 1.71. The van der Waals surface area contributed by atoms with Crippen LogP contribution in [0.3, 0.4) is 0 Å². The average molecular weight is 496 g/mol. The molecule has 4 aromatic carbocycles. The molecular weight excluding hydrogens is 466 g/mol. The zero-order valence-electron chi connectivity index (χ0n) is 20.4. The van der Waals surface area contributed by atoms with Gasteiger partial charge in [-0.3, -0.25) is 4.79 Å². The lowest BCUT2D eigenvalue weighted by Gasteiger charge is -2.18. The van der Waals surface area contributed by atoms with Gasteiger partial charge in [-0.1, -0.05) is 84.9 Å². The Labute approximate surface area is 216 Å². The van der Waals surface area contributed by atoms with Gasteiger partial charge in [-0.25, -0.2) is 4.79 Å². The summed E-state index contributed by atoms with van der Waals surface area (Å²) in [6.07, 6.45) is 2.29. The predicted molar refractivity (Wildman–Crippen MR) is 149 cm³/mol. The number of aliphatic carboxylic acids is 1. The molecule has 2 N–H and O–H groups in total. The van der Waals surface area contributed by atoms with Gasteiger partial charge in [0.1, 0.15) is 6.04 Å². The molecule has 5 heteroatoms. The van der Waals surface area contributed by atoms with Crippen LogP contribution in [0.25, 0.3) is 33.4 Å². The SMILES string of the molecule is CSCC[C@H](NC(=O)c1ccc(-c2ccc(-c3ccccc3)cc2)cc1-c1ccccc1C)C(=O)O. The molecule has 182 valence electrons. The number of carboxylic acids is 1. The quantitative estimate of drug-likeness (QED) is 0.264. The second-order valence-electron chi connectivity index (χ2n) is 8.66. The van der Waals surface area contributed by atoms with E-state index >= 15 is 0 Å². The molecule has 0 saturated heterocycles. The zero-order valence-corrected chi connectivity index (χ0v) is 21.2. The van der Waals surface area contributed by atoms with E-state index in [0.717, 1.165) is 38.9 Å². The Bertz CT molecular complexity index is 1350. The Morgan fingerprint density at radius 1 is 0.778 bits per heavy atom. The first-order valence-corrected chi connectivity index (χ1v) is 13.3. The maximum atomic E-state index is 13.3. The molecule has 0 unspecified atom stereocenters. The predicted octanol–water partition coefficient (Wildman–Crippen LogP) is 6.93. The molecule has 0 saturated carbocycles. The van der Waals surface area contributed by atoms with E-state index in [1.54, 1.807) is 17.8 Å². The van der Waals surface area contributed by atoms with Gasteiger partial charge < -0.3 is 10.4 Å². The highest BCUT2D eigenvalue weighted by Crippen LogP contribution is 2.33. The molecule has 0 radical (unpaired) electrons. The second kappa shape index (κ2) is 11.7. The fraction of sp³-hybridized carbons (Fsp3) is 0.161. The molecule has 0 spiro atoms. The Morgan fingerprint density at radius 2 is 1.36 bits per heavy atom. The molecule has 0 aromatic heterocycles. The summed E-state index contributed by atoms with van der Waals surface area (Å²) in [5.74, 6) is -0.752. The summed E-state index contributed by atoms with van der Waals surface area (Å²) in [5.41, 5.74) is 7.56. The van der Waals surface area contributed by atoms with Crippen LogP contribution in [0, 0.1) is 6.92 Å². The minimum atomic E-state index is -1.02. The first kappa shape index (κ1) is 25.3. The Kier molecular flexibility index (Phi) is 8.24. The normalized spacial score (nSPS) is 11.6.